The fourth-order valence-electron chi connectivity index (χ4n) is 1.87. The molecule has 0 saturated carbocycles. The summed E-state index contributed by atoms with van der Waals surface area (Å²) in [6, 6.07) is 4.64. The minimum atomic E-state index is -1.42. The first-order valence-corrected chi connectivity index (χ1v) is 6.76. The van der Waals surface area contributed by atoms with Gasteiger partial charge in [0.15, 0.2) is 5.78 Å². The molecular formula is C12H12FNO3S. The standard InChI is InChI=1S/C12H12FNO3S/c1-8(15)9-2-3-11-10(6-9)14(5-4-13)12(16)7-18(11)17/h2-3,6H,4-5,7H2,1H3. The van der Waals surface area contributed by atoms with E-state index < -0.39 is 17.5 Å². The van der Waals surface area contributed by atoms with Crippen molar-refractivity contribution in [2.45, 2.75) is 11.8 Å². The molecule has 1 amide bonds. The summed E-state index contributed by atoms with van der Waals surface area (Å²) >= 11 is 0. The number of halogens is 1. The highest BCUT2D eigenvalue weighted by Crippen LogP contribution is 2.30. The van der Waals surface area contributed by atoms with Crippen LogP contribution in [0.4, 0.5) is 10.1 Å². The minimum Gasteiger partial charge on any atom is -0.308 e. The third kappa shape index (κ3) is 2.20. The molecule has 1 heterocycles. The molecule has 0 aromatic heterocycles. The summed E-state index contributed by atoms with van der Waals surface area (Å²) < 4.78 is 24.3. The van der Waals surface area contributed by atoms with Crippen LogP contribution in [-0.2, 0) is 15.6 Å². The molecule has 1 aromatic carbocycles. The topological polar surface area (TPSA) is 54.5 Å². The number of amides is 1. The van der Waals surface area contributed by atoms with E-state index in [9.17, 15) is 18.2 Å². The van der Waals surface area contributed by atoms with Gasteiger partial charge in [0.2, 0.25) is 5.91 Å². The van der Waals surface area contributed by atoms with E-state index in [2.05, 4.69) is 0 Å². The monoisotopic (exact) mass is 269 g/mol. The van der Waals surface area contributed by atoms with Gasteiger partial charge in [-0.1, -0.05) is 6.07 Å². The lowest BCUT2D eigenvalue weighted by Crippen LogP contribution is -2.40. The highest BCUT2D eigenvalue weighted by Gasteiger charge is 2.29. The molecule has 0 aliphatic carbocycles. The second kappa shape index (κ2) is 4.97. The molecule has 0 bridgehead atoms. The zero-order chi connectivity index (χ0) is 13.3. The maximum absolute atomic E-state index is 12.5. The van der Waals surface area contributed by atoms with Crippen molar-refractivity contribution in [1.82, 2.24) is 0 Å². The normalized spacial score (nSPS) is 18.7. The largest absolute Gasteiger partial charge is 0.308 e. The van der Waals surface area contributed by atoms with Gasteiger partial charge in [0.25, 0.3) is 0 Å². The average molecular weight is 269 g/mol. The summed E-state index contributed by atoms with van der Waals surface area (Å²) in [4.78, 5) is 24.8. The van der Waals surface area contributed by atoms with Gasteiger partial charge in [-0.15, -0.1) is 0 Å². The Bertz CT molecular complexity index is 544. The van der Waals surface area contributed by atoms with Crippen molar-refractivity contribution in [3.63, 3.8) is 0 Å². The fraction of sp³-hybridized carbons (Fsp3) is 0.333. The van der Waals surface area contributed by atoms with Gasteiger partial charge >= 0.3 is 0 Å². The van der Waals surface area contributed by atoms with Gasteiger partial charge in [0.1, 0.15) is 12.4 Å². The van der Waals surface area contributed by atoms with Crippen molar-refractivity contribution < 1.29 is 18.2 Å². The molecule has 96 valence electrons. The van der Waals surface area contributed by atoms with E-state index >= 15 is 0 Å². The van der Waals surface area contributed by atoms with E-state index in [4.69, 9.17) is 0 Å². The van der Waals surface area contributed by atoms with Crippen LogP contribution in [0, 0.1) is 0 Å². The highest BCUT2D eigenvalue weighted by atomic mass is 32.2. The van der Waals surface area contributed by atoms with E-state index in [0.717, 1.165) is 0 Å². The van der Waals surface area contributed by atoms with E-state index in [1.165, 1.54) is 17.9 Å². The molecule has 0 saturated heterocycles. The van der Waals surface area contributed by atoms with Crippen molar-refractivity contribution in [3.05, 3.63) is 23.8 Å². The minimum absolute atomic E-state index is 0.0790. The van der Waals surface area contributed by atoms with Crippen LogP contribution in [0.5, 0.6) is 0 Å². The Morgan fingerprint density at radius 1 is 1.50 bits per heavy atom. The van der Waals surface area contributed by atoms with Crippen molar-refractivity contribution >= 4 is 28.2 Å². The number of hydrogen-bond acceptors (Lipinski definition) is 3. The fourth-order valence-corrected chi connectivity index (χ4v) is 3.03. The number of ketones is 1. The zero-order valence-electron chi connectivity index (χ0n) is 9.81. The predicted octanol–water partition coefficient (Wildman–Crippen LogP) is 1.31. The first-order valence-electron chi connectivity index (χ1n) is 5.44. The maximum atomic E-state index is 12.5. The van der Waals surface area contributed by atoms with Crippen LogP contribution in [0.25, 0.3) is 0 Å². The third-order valence-corrected chi connectivity index (χ3v) is 4.11. The first-order chi connectivity index (χ1) is 8.54. The van der Waals surface area contributed by atoms with Crippen LogP contribution in [0.3, 0.4) is 0 Å². The molecular weight excluding hydrogens is 257 g/mol. The number of nitrogens with zero attached hydrogens (tertiary/aromatic N) is 1. The summed E-state index contributed by atoms with van der Waals surface area (Å²) in [6.45, 7) is 0.648. The molecule has 18 heavy (non-hydrogen) atoms. The van der Waals surface area contributed by atoms with Gasteiger partial charge in [-0.05, 0) is 19.1 Å². The summed E-state index contributed by atoms with van der Waals surface area (Å²) in [5.41, 5.74) is 0.805. The SMILES string of the molecule is CC(=O)c1ccc2c(c1)N(CCF)C(=O)CS2=O. The quantitative estimate of drug-likeness (QED) is 0.777. The molecule has 0 radical (unpaired) electrons. The Kier molecular flexibility index (Phi) is 3.56. The van der Waals surface area contributed by atoms with Gasteiger partial charge in [-0.2, -0.15) is 0 Å². The summed E-state index contributed by atoms with van der Waals surface area (Å²) in [5, 5.41) is 0. The third-order valence-electron chi connectivity index (χ3n) is 2.77. The summed E-state index contributed by atoms with van der Waals surface area (Å²) in [6.07, 6.45) is 0. The number of Topliss-reactive ketones (excluding diaryl/α,β-unsaturated/α-hetero) is 1. The molecule has 1 aliphatic rings. The van der Waals surface area contributed by atoms with Crippen LogP contribution < -0.4 is 4.90 Å². The molecule has 1 atom stereocenters. The maximum Gasteiger partial charge on any atom is 0.240 e. The first kappa shape index (κ1) is 12.9. The molecule has 1 aliphatic heterocycles. The number of carbonyl (C=O) groups excluding carboxylic acids is 2. The summed E-state index contributed by atoms with van der Waals surface area (Å²) in [5.74, 6) is -0.659. The van der Waals surface area contributed by atoms with Crippen molar-refractivity contribution in [2.24, 2.45) is 0 Å². The number of rotatable bonds is 3. The Morgan fingerprint density at radius 2 is 2.22 bits per heavy atom. The number of hydrogen-bond donors (Lipinski definition) is 0. The van der Waals surface area contributed by atoms with Crippen LogP contribution >= 0.6 is 0 Å². The highest BCUT2D eigenvalue weighted by molar-refractivity contribution is 7.86. The van der Waals surface area contributed by atoms with Gasteiger partial charge in [-0.3, -0.25) is 13.8 Å². The average Bonchev–Trinajstić information content (AvgIpc) is 2.33. The lowest BCUT2D eigenvalue weighted by Gasteiger charge is -2.28. The Balaban J connectivity index is 2.54. The molecule has 1 unspecified atom stereocenters. The number of anilines is 1. The Labute approximate surface area is 106 Å². The molecule has 0 N–H and O–H groups in total. The van der Waals surface area contributed by atoms with Gasteiger partial charge in [-0.25, -0.2) is 4.39 Å². The number of benzene rings is 1. The van der Waals surface area contributed by atoms with E-state index in [-0.39, 0.29) is 24.0 Å². The van der Waals surface area contributed by atoms with Crippen molar-refractivity contribution in [1.29, 1.82) is 0 Å². The zero-order valence-corrected chi connectivity index (χ0v) is 10.6. The molecule has 2 rings (SSSR count). The molecule has 0 fully saturated rings. The summed E-state index contributed by atoms with van der Waals surface area (Å²) in [7, 11) is -1.42. The van der Waals surface area contributed by atoms with Crippen LogP contribution in [0.1, 0.15) is 17.3 Å². The van der Waals surface area contributed by atoms with Crippen LogP contribution in [0.15, 0.2) is 23.1 Å². The van der Waals surface area contributed by atoms with Gasteiger partial charge in [0, 0.05) is 5.56 Å². The van der Waals surface area contributed by atoms with E-state index in [1.54, 1.807) is 12.1 Å². The van der Waals surface area contributed by atoms with Crippen molar-refractivity contribution in [2.75, 3.05) is 23.9 Å². The number of alkyl halides is 1. The molecule has 0 spiro atoms. The number of carbonyl (C=O) groups is 2. The molecule has 1 aromatic rings. The molecule has 6 heteroatoms. The van der Waals surface area contributed by atoms with Gasteiger partial charge in [0.05, 0.1) is 27.9 Å². The smallest absolute Gasteiger partial charge is 0.240 e. The van der Waals surface area contributed by atoms with Crippen LogP contribution in [0.2, 0.25) is 0 Å². The Hall–Kier alpha value is -1.56. The Morgan fingerprint density at radius 3 is 2.83 bits per heavy atom. The van der Waals surface area contributed by atoms with Crippen molar-refractivity contribution in [3.8, 4) is 0 Å². The predicted molar refractivity (Wildman–Crippen MR) is 66.0 cm³/mol. The second-order valence-corrected chi connectivity index (χ2v) is 5.38. The lowest BCUT2D eigenvalue weighted by atomic mass is 10.1. The number of fused-ring (bicyclic) bond motifs is 1. The molecule has 4 nitrogen and oxygen atoms in total. The van der Waals surface area contributed by atoms with E-state index in [1.807, 2.05) is 0 Å². The second-order valence-electron chi connectivity index (χ2n) is 3.96. The van der Waals surface area contributed by atoms with Gasteiger partial charge < -0.3 is 4.90 Å². The van der Waals surface area contributed by atoms with E-state index in [0.29, 0.717) is 16.1 Å². The van der Waals surface area contributed by atoms with Crippen LogP contribution in [-0.4, -0.2) is 34.9 Å². The lowest BCUT2D eigenvalue weighted by molar-refractivity contribution is -0.116.